The van der Waals surface area contributed by atoms with Gasteiger partial charge in [0, 0.05) is 18.7 Å². The molecular weight excluding hydrogens is 445 g/mol. The van der Waals surface area contributed by atoms with E-state index in [1.165, 1.54) is 33.7 Å². The standard InChI is InChI=1S/C24H22FN3O2S2/c1-2-27(14-17-8-4-3-5-9-17)21(29)16-32-24-26-20-12-13-31-22(20)23(30)28(24)15-18-10-6-7-11-19(18)25/h3-13H,2,14-16H2,1H3. The van der Waals surface area contributed by atoms with Crippen LogP contribution in [0.1, 0.15) is 18.1 Å². The van der Waals surface area contributed by atoms with E-state index < -0.39 is 0 Å². The van der Waals surface area contributed by atoms with Crippen molar-refractivity contribution in [1.82, 2.24) is 14.5 Å². The first kappa shape index (κ1) is 22.2. The maximum atomic E-state index is 14.3. The van der Waals surface area contributed by atoms with E-state index in [9.17, 15) is 14.0 Å². The Morgan fingerprint density at radius 2 is 1.88 bits per heavy atom. The van der Waals surface area contributed by atoms with Crippen molar-refractivity contribution >= 4 is 39.2 Å². The molecule has 4 rings (SSSR count). The molecule has 2 heterocycles. The maximum absolute atomic E-state index is 14.3. The van der Waals surface area contributed by atoms with Gasteiger partial charge >= 0.3 is 0 Å². The summed E-state index contributed by atoms with van der Waals surface area (Å²) in [6.45, 7) is 3.10. The summed E-state index contributed by atoms with van der Waals surface area (Å²) >= 11 is 2.52. The fourth-order valence-corrected chi connectivity index (χ4v) is 5.05. The number of fused-ring (bicyclic) bond motifs is 1. The van der Waals surface area contributed by atoms with Crippen molar-refractivity contribution in [1.29, 1.82) is 0 Å². The van der Waals surface area contributed by atoms with Gasteiger partial charge in [-0.15, -0.1) is 11.3 Å². The largest absolute Gasteiger partial charge is 0.338 e. The summed E-state index contributed by atoms with van der Waals surface area (Å²) in [5.41, 5.74) is 1.83. The Balaban J connectivity index is 1.58. The minimum Gasteiger partial charge on any atom is -0.338 e. The van der Waals surface area contributed by atoms with Crippen LogP contribution in [0.4, 0.5) is 4.39 Å². The fourth-order valence-electron chi connectivity index (χ4n) is 3.37. The quantitative estimate of drug-likeness (QED) is 0.276. The van der Waals surface area contributed by atoms with E-state index in [1.54, 1.807) is 29.2 Å². The smallest absolute Gasteiger partial charge is 0.272 e. The van der Waals surface area contributed by atoms with Crippen molar-refractivity contribution in [2.75, 3.05) is 12.3 Å². The lowest BCUT2D eigenvalue weighted by atomic mass is 10.2. The summed E-state index contributed by atoms with van der Waals surface area (Å²) in [5.74, 6) is -0.281. The molecule has 0 aliphatic heterocycles. The lowest BCUT2D eigenvalue weighted by Crippen LogP contribution is -2.32. The number of benzene rings is 2. The molecule has 8 heteroatoms. The van der Waals surface area contributed by atoms with E-state index in [4.69, 9.17) is 0 Å². The molecule has 2 aromatic heterocycles. The second kappa shape index (κ2) is 10.1. The molecule has 32 heavy (non-hydrogen) atoms. The van der Waals surface area contributed by atoms with E-state index >= 15 is 0 Å². The number of carbonyl (C=O) groups is 1. The van der Waals surface area contributed by atoms with Gasteiger partial charge in [0.05, 0.1) is 17.8 Å². The number of amides is 1. The van der Waals surface area contributed by atoms with Crippen molar-refractivity contribution in [2.24, 2.45) is 0 Å². The summed E-state index contributed by atoms with van der Waals surface area (Å²) in [4.78, 5) is 32.4. The molecule has 5 nitrogen and oxygen atoms in total. The number of thiophene rings is 1. The maximum Gasteiger partial charge on any atom is 0.272 e. The molecule has 0 saturated heterocycles. The normalized spacial score (nSPS) is 11.1. The Morgan fingerprint density at radius 1 is 1.12 bits per heavy atom. The monoisotopic (exact) mass is 467 g/mol. The molecule has 2 aromatic carbocycles. The molecule has 0 aliphatic carbocycles. The van der Waals surface area contributed by atoms with Gasteiger partial charge in [-0.1, -0.05) is 60.3 Å². The number of carbonyl (C=O) groups excluding carboxylic acids is 1. The highest BCUT2D eigenvalue weighted by Crippen LogP contribution is 2.23. The van der Waals surface area contributed by atoms with E-state index in [-0.39, 0.29) is 29.6 Å². The first-order valence-corrected chi connectivity index (χ1v) is 12.1. The van der Waals surface area contributed by atoms with Gasteiger partial charge in [-0.25, -0.2) is 9.37 Å². The number of rotatable bonds is 8. The molecular formula is C24H22FN3O2S2. The molecule has 1 amide bonds. The third-order valence-electron chi connectivity index (χ3n) is 5.09. The zero-order valence-electron chi connectivity index (χ0n) is 17.5. The summed E-state index contributed by atoms with van der Waals surface area (Å²) in [7, 11) is 0. The Hall–Kier alpha value is -2.97. The van der Waals surface area contributed by atoms with Crippen molar-refractivity contribution in [2.45, 2.75) is 25.2 Å². The van der Waals surface area contributed by atoms with Gasteiger partial charge in [-0.05, 0) is 30.0 Å². The Labute approximate surface area is 193 Å². The average Bonchev–Trinajstić information content (AvgIpc) is 3.29. The van der Waals surface area contributed by atoms with Crippen LogP contribution >= 0.6 is 23.1 Å². The second-order valence-electron chi connectivity index (χ2n) is 7.19. The molecule has 4 aromatic rings. The van der Waals surface area contributed by atoms with Crippen LogP contribution in [0.5, 0.6) is 0 Å². The third-order valence-corrected chi connectivity index (χ3v) is 6.95. The first-order chi connectivity index (χ1) is 15.6. The zero-order chi connectivity index (χ0) is 22.5. The van der Waals surface area contributed by atoms with Gasteiger partial charge in [0.25, 0.3) is 5.56 Å². The Bertz CT molecular complexity index is 1290. The van der Waals surface area contributed by atoms with Gasteiger partial charge < -0.3 is 4.90 Å². The van der Waals surface area contributed by atoms with Crippen LogP contribution < -0.4 is 5.56 Å². The topological polar surface area (TPSA) is 55.2 Å². The summed E-state index contributed by atoms with van der Waals surface area (Å²) in [6.07, 6.45) is 0. The van der Waals surface area contributed by atoms with Crippen LogP contribution in [0, 0.1) is 5.82 Å². The molecule has 0 atom stereocenters. The van der Waals surface area contributed by atoms with Crippen LogP contribution in [0.3, 0.4) is 0 Å². The number of hydrogen-bond acceptors (Lipinski definition) is 5. The minimum atomic E-state index is -0.377. The predicted octanol–water partition coefficient (Wildman–Crippen LogP) is 4.79. The molecule has 164 valence electrons. The van der Waals surface area contributed by atoms with Crippen molar-refractivity contribution < 1.29 is 9.18 Å². The molecule has 0 fully saturated rings. The molecule has 0 unspecified atom stereocenters. The number of halogens is 1. The second-order valence-corrected chi connectivity index (χ2v) is 9.05. The van der Waals surface area contributed by atoms with Crippen LogP contribution in [-0.2, 0) is 17.9 Å². The molecule has 0 radical (unpaired) electrons. The molecule has 0 bridgehead atoms. The van der Waals surface area contributed by atoms with Crippen LogP contribution in [-0.4, -0.2) is 32.7 Å². The van der Waals surface area contributed by atoms with Gasteiger partial charge in [0.15, 0.2) is 5.16 Å². The first-order valence-electron chi connectivity index (χ1n) is 10.2. The molecule has 0 spiro atoms. The third kappa shape index (κ3) is 4.92. The van der Waals surface area contributed by atoms with E-state index in [0.29, 0.717) is 34.0 Å². The van der Waals surface area contributed by atoms with Crippen LogP contribution in [0.2, 0.25) is 0 Å². The van der Waals surface area contributed by atoms with Crippen molar-refractivity contribution in [3.63, 3.8) is 0 Å². The summed E-state index contributed by atoms with van der Waals surface area (Å²) < 4.78 is 16.2. The minimum absolute atomic E-state index is 0.0431. The van der Waals surface area contributed by atoms with Crippen molar-refractivity contribution in [3.8, 4) is 0 Å². The van der Waals surface area contributed by atoms with E-state index in [2.05, 4.69) is 4.98 Å². The number of nitrogens with zero attached hydrogens (tertiary/aromatic N) is 3. The average molecular weight is 468 g/mol. The SMILES string of the molecule is CCN(Cc1ccccc1)C(=O)CSc1nc2ccsc2c(=O)n1Cc1ccccc1F. The lowest BCUT2D eigenvalue weighted by Gasteiger charge is -2.21. The highest BCUT2D eigenvalue weighted by molar-refractivity contribution is 7.99. The summed E-state index contributed by atoms with van der Waals surface area (Å²) in [5, 5.41) is 2.22. The Kier molecular flexibility index (Phi) is 7.02. The van der Waals surface area contributed by atoms with Gasteiger partial charge in [-0.2, -0.15) is 0 Å². The van der Waals surface area contributed by atoms with Crippen LogP contribution in [0.25, 0.3) is 10.2 Å². The van der Waals surface area contributed by atoms with Gasteiger partial charge in [0.1, 0.15) is 10.5 Å². The zero-order valence-corrected chi connectivity index (χ0v) is 19.2. The lowest BCUT2D eigenvalue weighted by molar-refractivity contribution is -0.128. The highest BCUT2D eigenvalue weighted by Gasteiger charge is 2.18. The van der Waals surface area contributed by atoms with Crippen LogP contribution in [0.15, 0.2) is 76.0 Å². The van der Waals surface area contributed by atoms with Gasteiger partial charge in [-0.3, -0.25) is 14.2 Å². The highest BCUT2D eigenvalue weighted by atomic mass is 32.2. The molecule has 0 aliphatic rings. The van der Waals surface area contributed by atoms with E-state index in [1.807, 2.05) is 42.6 Å². The summed E-state index contributed by atoms with van der Waals surface area (Å²) in [6, 6.07) is 18.0. The van der Waals surface area contributed by atoms with Gasteiger partial charge in [0.2, 0.25) is 5.91 Å². The molecule has 0 N–H and O–H groups in total. The Morgan fingerprint density at radius 3 is 2.62 bits per heavy atom. The molecule has 0 saturated carbocycles. The van der Waals surface area contributed by atoms with Crippen molar-refractivity contribution in [3.05, 3.63) is 93.3 Å². The predicted molar refractivity (Wildman–Crippen MR) is 128 cm³/mol. The fraction of sp³-hybridized carbons (Fsp3) is 0.208. The van der Waals surface area contributed by atoms with E-state index in [0.717, 1.165) is 5.56 Å². The number of thioether (sulfide) groups is 1. The number of aromatic nitrogens is 2. The number of hydrogen-bond donors (Lipinski definition) is 0.